The van der Waals surface area contributed by atoms with Crippen molar-refractivity contribution in [2.45, 2.75) is 31.8 Å². The number of hydrogen-bond acceptors (Lipinski definition) is 6. The number of nitro benzene ring substituents is 1. The summed E-state index contributed by atoms with van der Waals surface area (Å²) in [6.45, 7) is 2.40. The molecule has 0 unspecified atom stereocenters. The summed E-state index contributed by atoms with van der Waals surface area (Å²) in [6, 6.07) is 22.7. The Labute approximate surface area is 231 Å². The van der Waals surface area contributed by atoms with Gasteiger partial charge in [-0.1, -0.05) is 43.3 Å². The lowest BCUT2D eigenvalue weighted by Crippen LogP contribution is -2.32. The first-order chi connectivity index (χ1) is 18.9. The Morgan fingerprint density at radius 3 is 2.72 bits per heavy atom. The number of aryl methyl sites for hydroxylation is 1. The topological polar surface area (TPSA) is 114 Å². The van der Waals surface area contributed by atoms with Crippen molar-refractivity contribution >= 4 is 34.6 Å². The molecule has 0 spiro atoms. The SMILES string of the molecule is CCc1ccccc1NC(=O)CCN1C(=S)N[C@@H](c2ccccn2)[C@H]1c1ccc(-c2cccc([N+](=O)[O-])c2)o1. The van der Waals surface area contributed by atoms with Gasteiger partial charge in [-0.15, -0.1) is 0 Å². The maximum atomic E-state index is 12.9. The molecule has 10 heteroatoms. The molecule has 1 aliphatic heterocycles. The van der Waals surface area contributed by atoms with Gasteiger partial charge >= 0.3 is 0 Å². The minimum absolute atomic E-state index is 0.0159. The molecule has 2 aromatic heterocycles. The van der Waals surface area contributed by atoms with Crippen LogP contribution in [-0.4, -0.2) is 32.4 Å². The Morgan fingerprint density at radius 2 is 1.95 bits per heavy atom. The van der Waals surface area contributed by atoms with Gasteiger partial charge in [0.2, 0.25) is 5.91 Å². The van der Waals surface area contributed by atoms with Crippen LogP contribution in [0.25, 0.3) is 11.3 Å². The number of benzene rings is 2. The van der Waals surface area contributed by atoms with Gasteiger partial charge in [-0.3, -0.25) is 19.9 Å². The molecule has 2 aromatic carbocycles. The lowest BCUT2D eigenvalue weighted by molar-refractivity contribution is -0.384. The Kier molecular flexibility index (Phi) is 7.64. The number of thiocarbonyl (C=S) groups is 1. The zero-order valence-electron chi connectivity index (χ0n) is 21.2. The molecule has 198 valence electrons. The van der Waals surface area contributed by atoms with E-state index in [0.717, 1.165) is 23.4 Å². The zero-order valence-corrected chi connectivity index (χ0v) is 22.1. The molecule has 1 saturated heterocycles. The predicted octanol–water partition coefficient (Wildman–Crippen LogP) is 5.81. The van der Waals surface area contributed by atoms with Gasteiger partial charge < -0.3 is 20.0 Å². The van der Waals surface area contributed by atoms with E-state index in [4.69, 9.17) is 16.6 Å². The van der Waals surface area contributed by atoms with Crippen LogP contribution >= 0.6 is 12.2 Å². The van der Waals surface area contributed by atoms with E-state index >= 15 is 0 Å². The minimum Gasteiger partial charge on any atom is -0.459 e. The van der Waals surface area contributed by atoms with Gasteiger partial charge in [0.05, 0.1) is 16.7 Å². The van der Waals surface area contributed by atoms with E-state index in [1.54, 1.807) is 24.4 Å². The fraction of sp³-hybridized carbons (Fsp3) is 0.207. The van der Waals surface area contributed by atoms with Gasteiger partial charge in [0, 0.05) is 42.5 Å². The minimum atomic E-state index is -0.435. The van der Waals surface area contributed by atoms with Crippen LogP contribution < -0.4 is 10.6 Å². The summed E-state index contributed by atoms with van der Waals surface area (Å²) in [5, 5.41) is 18.1. The molecule has 0 aliphatic carbocycles. The summed E-state index contributed by atoms with van der Waals surface area (Å²) < 4.78 is 6.26. The summed E-state index contributed by atoms with van der Waals surface area (Å²) in [4.78, 5) is 30.2. The average molecular weight is 542 g/mol. The van der Waals surface area contributed by atoms with Gasteiger partial charge in [-0.25, -0.2) is 0 Å². The highest BCUT2D eigenvalue weighted by Gasteiger charge is 2.41. The van der Waals surface area contributed by atoms with Crippen LogP contribution in [0.15, 0.2) is 89.5 Å². The number of nitrogens with one attached hydrogen (secondary N) is 2. The first kappa shape index (κ1) is 26.1. The van der Waals surface area contributed by atoms with Crippen molar-refractivity contribution in [1.82, 2.24) is 15.2 Å². The molecule has 1 amide bonds. The van der Waals surface area contributed by atoms with E-state index in [9.17, 15) is 14.9 Å². The highest BCUT2D eigenvalue weighted by molar-refractivity contribution is 7.80. The smallest absolute Gasteiger partial charge is 0.270 e. The highest BCUT2D eigenvalue weighted by atomic mass is 32.1. The number of anilines is 1. The van der Waals surface area contributed by atoms with Crippen molar-refractivity contribution in [2.75, 3.05) is 11.9 Å². The van der Waals surface area contributed by atoms with Crippen molar-refractivity contribution in [3.8, 4) is 11.3 Å². The number of hydrogen-bond donors (Lipinski definition) is 2. The fourth-order valence-corrected chi connectivity index (χ4v) is 5.11. The van der Waals surface area contributed by atoms with Crippen LogP contribution in [0.2, 0.25) is 0 Å². The summed E-state index contributed by atoms with van der Waals surface area (Å²) in [5.41, 5.74) is 3.24. The van der Waals surface area contributed by atoms with Gasteiger partial charge in [-0.2, -0.15) is 0 Å². The van der Waals surface area contributed by atoms with E-state index in [1.165, 1.54) is 12.1 Å². The molecule has 1 fully saturated rings. The molecular weight excluding hydrogens is 514 g/mol. The summed E-state index contributed by atoms with van der Waals surface area (Å²) in [7, 11) is 0. The molecule has 3 heterocycles. The number of carbonyl (C=O) groups is 1. The first-order valence-electron chi connectivity index (χ1n) is 12.6. The van der Waals surface area contributed by atoms with Crippen molar-refractivity contribution in [2.24, 2.45) is 0 Å². The maximum absolute atomic E-state index is 12.9. The number of rotatable bonds is 9. The highest BCUT2D eigenvalue weighted by Crippen LogP contribution is 2.40. The third-order valence-corrected chi connectivity index (χ3v) is 7.06. The molecule has 2 N–H and O–H groups in total. The van der Waals surface area contributed by atoms with Crippen LogP contribution in [0.1, 0.15) is 42.4 Å². The Bertz CT molecular complexity index is 1510. The molecule has 1 aliphatic rings. The zero-order chi connectivity index (χ0) is 27.4. The number of pyridine rings is 1. The van der Waals surface area contributed by atoms with E-state index in [2.05, 4.69) is 15.6 Å². The molecule has 4 aromatic rings. The number of nitro groups is 1. The van der Waals surface area contributed by atoms with E-state index in [0.29, 0.717) is 28.7 Å². The molecule has 9 nitrogen and oxygen atoms in total. The third kappa shape index (κ3) is 5.65. The second-order valence-corrected chi connectivity index (χ2v) is 9.53. The van der Waals surface area contributed by atoms with Gasteiger partial charge in [0.25, 0.3) is 5.69 Å². The van der Waals surface area contributed by atoms with Crippen LogP contribution in [0, 0.1) is 10.1 Å². The van der Waals surface area contributed by atoms with E-state index in [1.807, 2.05) is 60.4 Å². The second-order valence-electron chi connectivity index (χ2n) is 9.14. The molecule has 0 radical (unpaired) electrons. The van der Waals surface area contributed by atoms with Crippen LogP contribution in [-0.2, 0) is 11.2 Å². The van der Waals surface area contributed by atoms with Crippen LogP contribution in [0.3, 0.4) is 0 Å². The van der Waals surface area contributed by atoms with Crippen LogP contribution in [0.4, 0.5) is 11.4 Å². The van der Waals surface area contributed by atoms with Crippen molar-refractivity contribution in [3.63, 3.8) is 0 Å². The van der Waals surface area contributed by atoms with Gasteiger partial charge in [-0.05, 0) is 54.5 Å². The third-order valence-electron chi connectivity index (χ3n) is 6.71. The second kappa shape index (κ2) is 11.4. The maximum Gasteiger partial charge on any atom is 0.270 e. The van der Waals surface area contributed by atoms with Gasteiger partial charge in [0.1, 0.15) is 17.6 Å². The predicted molar refractivity (Wildman–Crippen MR) is 152 cm³/mol. The largest absolute Gasteiger partial charge is 0.459 e. The normalized spacial score (nSPS) is 16.6. The monoisotopic (exact) mass is 541 g/mol. The quantitative estimate of drug-likeness (QED) is 0.155. The lowest BCUT2D eigenvalue weighted by Gasteiger charge is -2.26. The number of aromatic nitrogens is 1. The number of carbonyl (C=O) groups excluding carboxylic acids is 1. The van der Waals surface area contributed by atoms with Crippen molar-refractivity contribution in [3.05, 3.63) is 112 Å². The number of furan rings is 1. The molecule has 0 saturated carbocycles. The number of amides is 1. The number of non-ortho nitro benzene ring substituents is 1. The molecule has 5 rings (SSSR count). The van der Waals surface area contributed by atoms with E-state index < -0.39 is 4.92 Å². The summed E-state index contributed by atoms with van der Waals surface area (Å²) in [5.74, 6) is 0.992. The van der Waals surface area contributed by atoms with Crippen LogP contribution in [0.5, 0.6) is 0 Å². The fourth-order valence-electron chi connectivity index (χ4n) is 4.78. The Hall–Kier alpha value is -4.57. The standard InChI is InChI=1S/C29H27N5O4S/c1-2-19-8-3-4-11-22(19)31-26(35)15-17-33-28(27(32-29(33)39)23-12-5-6-16-30-23)25-14-13-24(38-25)20-9-7-10-21(18-20)34(36)37/h3-14,16,18,27-28H,2,15,17H2,1H3,(H,31,35)(H,32,39)/t27-,28+/m0/s1. The van der Waals surface area contributed by atoms with Gasteiger partial charge in [0.15, 0.2) is 5.11 Å². The first-order valence-corrected chi connectivity index (χ1v) is 13.1. The molecule has 2 atom stereocenters. The summed E-state index contributed by atoms with van der Waals surface area (Å²) in [6.07, 6.45) is 2.74. The Morgan fingerprint density at radius 1 is 1.13 bits per heavy atom. The Balaban J connectivity index is 1.41. The molecular formula is C29H27N5O4S. The van der Waals surface area contributed by atoms with E-state index in [-0.39, 0.29) is 30.1 Å². The molecule has 39 heavy (non-hydrogen) atoms. The van der Waals surface area contributed by atoms with Crippen molar-refractivity contribution in [1.29, 1.82) is 0 Å². The number of para-hydroxylation sites is 1. The summed E-state index contributed by atoms with van der Waals surface area (Å²) >= 11 is 5.70. The average Bonchev–Trinajstić information content (AvgIpc) is 3.57. The van der Waals surface area contributed by atoms with Crippen molar-refractivity contribution < 1.29 is 14.1 Å². The lowest BCUT2D eigenvalue weighted by atomic mass is 10.0. The number of nitrogens with zero attached hydrogens (tertiary/aromatic N) is 3. The molecule has 0 bridgehead atoms.